The molecule has 0 amide bonds. The molecule has 2 aromatic rings. The molecule has 1 aliphatic rings. The van der Waals surface area contributed by atoms with Crippen LogP contribution in [0.25, 0.3) is 0 Å². The van der Waals surface area contributed by atoms with Crippen molar-refractivity contribution in [1.82, 2.24) is 15.0 Å². The molecule has 6 nitrogen and oxygen atoms in total. The molecular weight excluding hydrogens is 309 g/mol. The van der Waals surface area contributed by atoms with Gasteiger partial charge in [-0.25, -0.2) is 4.39 Å². The number of halogens is 1. The number of rotatable bonds is 3. The van der Waals surface area contributed by atoms with E-state index in [4.69, 9.17) is 10.5 Å². The van der Waals surface area contributed by atoms with Gasteiger partial charge in [0.15, 0.2) is 11.5 Å². The lowest BCUT2D eigenvalue weighted by molar-refractivity contribution is 0.206. The third kappa shape index (κ3) is 3.11. The van der Waals surface area contributed by atoms with E-state index in [1.807, 2.05) is 13.0 Å². The van der Waals surface area contributed by atoms with Crippen molar-refractivity contribution >= 4 is 11.9 Å². The van der Waals surface area contributed by atoms with Crippen LogP contribution in [-0.2, 0) is 5.67 Å². The summed E-state index contributed by atoms with van der Waals surface area (Å²) in [7, 11) is 0. The van der Waals surface area contributed by atoms with Crippen LogP contribution >= 0.6 is 0 Å². The fraction of sp³-hybridized carbons (Fsp3) is 0.471. The minimum Gasteiger partial charge on any atom is -0.493 e. The molecule has 1 atom stereocenters. The van der Waals surface area contributed by atoms with Crippen LogP contribution < -0.4 is 15.8 Å². The predicted molar refractivity (Wildman–Crippen MR) is 90.8 cm³/mol. The van der Waals surface area contributed by atoms with E-state index in [1.165, 1.54) is 19.4 Å². The van der Waals surface area contributed by atoms with Gasteiger partial charge in [-0.1, -0.05) is 12.1 Å². The smallest absolute Gasteiger partial charge is 0.228 e. The van der Waals surface area contributed by atoms with Crippen molar-refractivity contribution in [3.05, 3.63) is 34.6 Å². The Morgan fingerprint density at radius 1 is 1.25 bits per heavy atom. The van der Waals surface area contributed by atoms with Gasteiger partial charge in [0.1, 0.15) is 5.75 Å². The average molecular weight is 331 g/mol. The Morgan fingerprint density at radius 3 is 2.71 bits per heavy atom. The number of hydrogen-bond donors (Lipinski definition) is 2. The molecule has 0 saturated carbocycles. The fourth-order valence-electron chi connectivity index (χ4n) is 2.74. The van der Waals surface area contributed by atoms with Gasteiger partial charge in [-0.3, -0.25) is 0 Å². The molecule has 1 aromatic heterocycles. The van der Waals surface area contributed by atoms with Crippen LogP contribution in [0.3, 0.4) is 0 Å². The van der Waals surface area contributed by atoms with Crippen LogP contribution in [0.1, 0.15) is 48.8 Å². The van der Waals surface area contributed by atoms with Crippen LogP contribution in [-0.4, -0.2) is 21.6 Å². The maximum absolute atomic E-state index is 14.1. The second-order valence-corrected chi connectivity index (χ2v) is 6.57. The SMILES string of the molecule is Cc1ccc2c(c1C)OCCC2Nc1nc(N)nc(C(C)(C)F)n1. The number of nitrogens with one attached hydrogen (secondary N) is 1. The second-order valence-electron chi connectivity index (χ2n) is 6.57. The Balaban J connectivity index is 1.94. The zero-order chi connectivity index (χ0) is 17.5. The maximum atomic E-state index is 14.1. The van der Waals surface area contributed by atoms with Crippen LogP contribution in [0.5, 0.6) is 5.75 Å². The molecule has 0 bridgehead atoms. The van der Waals surface area contributed by atoms with E-state index < -0.39 is 5.67 Å². The first-order valence-corrected chi connectivity index (χ1v) is 7.96. The standard InChI is InChI=1S/C17H22FN5O/c1-9-5-6-11-12(7-8-24-13(11)10(9)2)20-16-22-14(17(3,4)18)21-15(19)23-16/h5-6,12H,7-8H2,1-4H3,(H3,19,20,21,22,23). The Kier molecular flexibility index (Phi) is 4.03. The van der Waals surface area contributed by atoms with E-state index >= 15 is 0 Å². The van der Waals surface area contributed by atoms with E-state index in [0.29, 0.717) is 6.61 Å². The molecule has 0 spiro atoms. The molecule has 1 aliphatic heterocycles. The molecular formula is C17H22FN5O. The summed E-state index contributed by atoms with van der Waals surface area (Å²) in [6.07, 6.45) is 0.759. The Bertz CT molecular complexity index is 772. The monoisotopic (exact) mass is 331 g/mol. The van der Waals surface area contributed by atoms with Crippen molar-refractivity contribution < 1.29 is 9.13 Å². The van der Waals surface area contributed by atoms with Gasteiger partial charge in [0.2, 0.25) is 11.9 Å². The lowest BCUT2D eigenvalue weighted by Crippen LogP contribution is -2.24. The van der Waals surface area contributed by atoms with Crippen molar-refractivity contribution in [2.75, 3.05) is 17.7 Å². The number of benzene rings is 1. The van der Waals surface area contributed by atoms with E-state index in [9.17, 15) is 4.39 Å². The van der Waals surface area contributed by atoms with Crippen LogP contribution in [0.15, 0.2) is 12.1 Å². The molecule has 7 heteroatoms. The van der Waals surface area contributed by atoms with Crippen molar-refractivity contribution in [2.24, 2.45) is 0 Å². The molecule has 3 rings (SSSR count). The van der Waals surface area contributed by atoms with Crippen LogP contribution in [0.4, 0.5) is 16.3 Å². The number of fused-ring (bicyclic) bond motifs is 1. The number of hydrogen-bond acceptors (Lipinski definition) is 6. The second kappa shape index (κ2) is 5.89. The summed E-state index contributed by atoms with van der Waals surface area (Å²) in [5.41, 5.74) is 7.37. The third-order valence-corrected chi connectivity index (χ3v) is 4.22. The molecule has 0 saturated heterocycles. The number of nitrogens with zero attached hydrogens (tertiary/aromatic N) is 3. The van der Waals surface area contributed by atoms with Gasteiger partial charge < -0.3 is 15.8 Å². The lowest BCUT2D eigenvalue weighted by Gasteiger charge is -2.28. The molecule has 0 aliphatic carbocycles. The Morgan fingerprint density at radius 2 is 2.00 bits per heavy atom. The van der Waals surface area contributed by atoms with Crippen molar-refractivity contribution in [2.45, 2.75) is 45.8 Å². The quantitative estimate of drug-likeness (QED) is 0.898. The summed E-state index contributed by atoms with van der Waals surface area (Å²) in [5.74, 6) is 1.19. The number of nitrogens with two attached hydrogens (primary N) is 1. The normalized spacial score (nSPS) is 17.1. The first-order chi connectivity index (χ1) is 11.3. The summed E-state index contributed by atoms with van der Waals surface area (Å²) >= 11 is 0. The molecule has 0 fully saturated rings. The van der Waals surface area contributed by atoms with E-state index in [1.54, 1.807) is 0 Å². The number of aryl methyl sites for hydroxylation is 1. The van der Waals surface area contributed by atoms with Crippen molar-refractivity contribution in [1.29, 1.82) is 0 Å². The van der Waals surface area contributed by atoms with Crippen LogP contribution in [0.2, 0.25) is 0 Å². The average Bonchev–Trinajstić information content (AvgIpc) is 2.50. The zero-order valence-corrected chi connectivity index (χ0v) is 14.4. The third-order valence-electron chi connectivity index (χ3n) is 4.22. The summed E-state index contributed by atoms with van der Waals surface area (Å²) in [4.78, 5) is 12.2. The van der Waals surface area contributed by atoms with Crippen molar-refractivity contribution in [3.63, 3.8) is 0 Å². The molecule has 2 heterocycles. The summed E-state index contributed by atoms with van der Waals surface area (Å²) in [6.45, 7) is 7.47. The molecule has 3 N–H and O–H groups in total. The van der Waals surface area contributed by atoms with E-state index in [0.717, 1.165) is 23.3 Å². The summed E-state index contributed by atoms with van der Waals surface area (Å²) in [6, 6.07) is 4.08. The van der Waals surface area contributed by atoms with Gasteiger partial charge in [-0.15, -0.1) is 0 Å². The van der Waals surface area contributed by atoms with E-state index in [2.05, 4.69) is 33.3 Å². The number of alkyl halides is 1. The topological polar surface area (TPSA) is 86.0 Å². The van der Waals surface area contributed by atoms with Gasteiger partial charge in [-0.2, -0.15) is 15.0 Å². The highest BCUT2D eigenvalue weighted by Gasteiger charge is 2.27. The van der Waals surface area contributed by atoms with Gasteiger partial charge in [0.25, 0.3) is 0 Å². The summed E-state index contributed by atoms with van der Waals surface area (Å²) in [5, 5.41) is 3.25. The number of aromatic nitrogens is 3. The molecule has 0 radical (unpaired) electrons. The molecule has 1 aromatic carbocycles. The van der Waals surface area contributed by atoms with E-state index in [-0.39, 0.29) is 23.8 Å². The highest BCUT2D eigenvalue weighted by Crippen LogP contribution is 2.37. The Labute approximate surface area is 140 Å². The number of anilines is 2. The number of nitrogen functional groups attached to an aromatic ring is 1. The van der Waals surface area contributed by atoms with Gasteiger partial charge in [-0.05, 0) is 38.8 Å². The molecule has 1 unspecified atom stereocenters. The molecule has 128 valence electrons. The van der Waals surface area contributed by atoms with Crippen LogP contribution in [0, 0.1) is 13.8 Å². The first kappa shape index (κ1) is 16.4. The molecule has 24 heavy (non-hydrogen) atoms. The highest BCUT2D eigenvalue weighted by molar-refractivity contribution is 5.50. The zero-order valence-electron chi connectivity index (χ0n) is 14.4. The minimum atomic E-state index is -1.69. The summed E-state index contributed by atoms with van der Waals surface area (Å²) < 4.78 is 20.0. The lowest BCUT2D eigenvalue weighted by atomic mass is 9.95. The van der Waals surface area contributed by atoms with Gasteiger partial charge in [0, 0.05) is 12.0 Å². The minimum absolute atomic E-state index is 0.000551. The largest absolute Gasteiger partial charge is 0.493 e. The maximum Gasteiger partial charge on any atom is 0.228 e. The Hall–Kier alpha value is -2.44. The fourth-order valence-corrected chi connectivity index (χ4v) is 2.74. The first-order valence-electron chi connectivity index (χ1n) is 7.96. The number of ether oxygens (including phenoxy) is 1. The van der Waals surface area contributed by atoms with Crippen molar-refractivity contribution in [3.8, 4) is 5.75 Å². The van der Waals surface area contributed by atoms with Gasteiger partial charge >= 0.3 is 0 Å². The predicted octanol–water partition coefficient (Wildman–Crippen LogP) is 3.21. The highest BCUT2D eigenvalue weighted by atomic mass is 19.1. The van der Waals surface area contributed by atoms with Gasteiger partial charge in [0.05, 0.1) is 12.6 Å².